The van der Waals surface area contributed by atoms with Crippen LogP contribution in [0, 0.1) is 0 Å². The van der Waals surface area contributed by atoms with Crippen molar-refractivity contribution in [3.05, 3.63) is 24.3 Å². The van der Waals surface area contributed by atoms with E-state index in [2.05, 4.69) is 15.3 Å². The Kier molecular flexibility index (Phi) is 3.50. The lowest BCUT2D eigenvalue weighted by Gasteiger charge is -2.20. The minimum absolute atomic E-state index is 0.0537. The molecular weight excluding hydrogens is 228 g/mol. The van der Waals surface area contributed by atoms with E-state index in [4.69, 9.17) is 0 Å². The first-order valence-corrected chi connectivity index (χ1v) is 6.08. The van der Waals surface area contributed by atoms with Gasteiger partial charge in [0.2, 0.25) is 11.9 Å². The quantitative estimate of drug-likeness (QED) is 0.865. The maximum atomic E-state index is 11.9. The average molecular weight is 246 g/mol. The molecule has 0 aliphatic carbocycles. The lowest BCUT2D eigenvalue weighted by Crippen LogP contribution is -2.39. The predicted octanol–water partition coefficient (Wildman–Crippen LogP) is 1.84. The monoisotopic (exact) mass is 246 g/mol. The third-order valence-electron chi connectivity index (χ3n) is 2.96. The standard InChI is InChI=1S/C13H18N4O/c1-4-17(3)12(18)9(2)14-13-15-10-7-5-6-8-11(10)16-13/h5-9H,4H2,1-3H3,(H2,14,15,16). The molecule has 0 saturated carbocycles. The van der Waals surface area contributed by atoms with Crippen LogP contribution < -0.4 is 5.32 Å². The molecule has 1 atom stereocenters. The Morgan fingerprint density at radius 1 is 1.50 bits per heavy atom. The number of carbonyl (C=O) groups is 1. The number of anilines is 1. The number of nitrogens with one attached hydrogen (secondary N) is 2. The molecule has 0 saturated heterocycles. The minimum atomic E-state index is -0.296. The summed E-state index contributed by atoms with van der Waals surface area (Å²) in [6.07, 6.45) is 0. The van der Waals surface area contributed by atoms with Crippen molar-refractivity contribution >= 4 is 22.9 Å². The highest BCUT2D eigenvalue weighted by Gasteiger charge is 2.17. The van der Waals surface area contributed by atoms with E-state index in [0.29, 0.717) is 12.5 Å². The van der Waals surface area contributed by atoms with Crippen molar-refractivity contribution in [1.82, 2.24) is 14.9 Å². The Labute approximate surface area is 106 Å². The van der Waals surface area contributed by atoms with Crippen molar-refractivity contribution < 1.29 is 4.79 Å². The van der Waals surface area contributed by atoms with Crippen LogP contribution in [0.25, 0.3) is 11.0 Å². The first-order valence-electron chi connectivity index (χ1n) is 6.08. The van der Waals surface area contributed by atoms with Gasteiger partial charge in [0.05, 0.1) is 11.0 Å². The van der Waals surface area contributed by atoms with Crippen LogP contribution in [-0.4, -0.2) is 40.4 Å². The molecule has 18 heavy (non-hydrogen) atoms. The molecule has 1 heterocycles. The lowest BCUT2D eigenvalue weighted by molar-refractivity contribution is -0.130. The number of likely N-dealkylation sites (N-methyl/N-ethyl adjacent to an activating group) is 1. The Bertz CT molecular complexity index is 516. The maximum Gasteiger partial charge on any atom is 0.244 e. The smallest absolute Gasteiger partial charge is 0.244 e. The Morgan fingerprint density at radius 2 is 2.22 bits per heavy atom. The van der Waals surface area contributed by atoms with E-state index in [-0.39, 0.29) is 11.9 Å². The SMILES string of the molecule is CCN(C)C(=O)C(C)Nc1nc2ccccc2[nH]1. The second kappa shape index (κ2) is 5.08. The summed E-state index contributed by atoms with van der Waals surface area (Å²) in [5, 5.41) is 3.09. The predicted molar refractivity (Wildman–Crippen MR) is 72.5 cm³/mol. The van der Waals surface area contributed by atoms with E-state index in [1.165, 1.54) is 0 Å². The van der Waals surface area contributed by atoms with Crippen LogP contribution in [0.1, 0.15) is 13.8 Å². The van der Waals surface area contributed by atoms with Crippen molar-refractivity contribution in [3.63, 3.8) is 0 Å². The molecule has 0 spiro atoms. The van der Waals surface area contributed by atoms with E-state index >= 15 is 0 Å². The fourth-order valence-electron chi connectivity index (χ4n) is 1.77. The van der Waals surface area contributed by atoms with Gasteiger partial charge in [-0.15, -0.1) is 0 Å². The third-order valence-corrected chi connectivity index (χ3v) is 2.96. The van der Waals surface area contributed by atoms with Gasteiger partial charge in [-0.2, -0.15) is 0 Å². The summed E-state index contributed by atoms with van der Waals surface area (Å²) in [5.74, 6) is 0.680. The van der Waals surface area contributed by atoms with Gasteiger partial charge in [0.25, 0.3) is 0 Å². The molecule has 1 aromatic heterocycles. The second-order valence-corrected chi connectivity index (χ2v) is 4.32. The number of carbonyl (C=O) groups excluding carboxylic acids is 1. The van der Waals surface area contributed by atoms with Crippen molar-refractivity contribution in [2.45, 2.75) is 19.9 Å². The van der Waals surface area contributed by atoms with Crippen LogP contribution in [0.3, 0.4) is 0 Å². The molecule has 0 radical (unpaired) electrons. The molecule has 2 rings (SSSR count). The van der Waals surface area contributed by atoms with E-state index in [0.717, 1.165) is 11.0 Å². The van der Waals surface area contributed by atoms with E-state index < -0.39 is 0 Å². The number of hydrogen-bond acceptors (Lipinski definition) is 3. The molecule has 0 aliphatic heterocycles. The van der Waals surface area contributed by atoms with Gasteiger partial charge >= 0.3 is 0 Å². The average Bonchev–Trinajstić information content (AvgIpc) is 2.78. The van der Waals surface area contributed by atoms with E-state index in [9.17, 15) is 4.79 Å². The Balaban J connectivity index is 2.11. The summed E-state index contributed by atoms with van der Waals surface area (Å²) in [5.41, 5.74) is 1.85. The summed E-state index contributed by atoms with van der Waals surface area (Å²) in [6, 6.07) is 7.48. The number of amides is 1. The number of aromatic amines is 1. The van der Waals surface area contributed by atoms with Gasteiger partial charge in [-0.05, 0) is 26.0 Å². The molecule has 1 amide bonds. The first-order chi connectivity index (χ1) is 8.61. The molecule has 0 bridgehead atoms. The number of imidazole rings is 1. The fraction of sp³-hybridized carbons (Fsp3) is 0.385. The van der Waals surface area contributed by atoms with Crippen LogP contribution in [0.5, 0.6) is 0 Å². The third kappa shape index (κ3) is 2.45. The minimum Gasteiger partial charge on any atom is -0.344 e. The van der Waals surface area contributed by atoms with Crippen molar-refractivity contribution in [1.29, 1.82) is 0 Å². The molecule has 2 N–H and O–H groups in total. The van der Waals surface area contributed by atoms with Crippen LogP contribution in [0.2, 0.25) is 0 Å². The van der Waals surface area contributed by atoms with Gasteiger partial charge in [-0.3, -0.25) is 4.79 Å². The van der Waals surface area contributed by atoms with Gasteiger partial charge in [-0.25, -0.2) is 4.98 Å². The molecule has 1 unspecified atom stereocenters. The molecule has 0 aliphatic rings. The lowest BCUT2D eigenvalue weighted by atomic mass is 10.3. The van der Waals surface area contributed by atoms with Crippen LogP contribution in [0.4, 0.5) is 5.95 Å². The van der Waals surface area contributed by atoms with Crippen molar-refractivity contribution in [2.24, 2.45) is 0 Å². The zero-order valence-corrected chi connectivity index (χ0v) is 10.9. The van der Waals surface area contributed by atoms with E-state index in [1.54, 1.807) is 11.9 Å². The number of rotatable bonds is 4. The summed E-state index contributed by atoms with van der Waals surface area (Å²) in [7, 11) is 1.79. The number of aromatic nitrogens is 2. The van der Waals surface area contributed by atoms with Gasteiger partial charge in [0, 0.05) is 13.6 Å². The number of hydrogen-bond donors (Lipinski definition) is 2. The number of nitrogens with zero attached hydrogens (tertiary/aromatic N) is 2. The zero-order chi connectivity index (χ0) is 13.1. The molecule has 96 valence electrons. The van der Waals surface area contributed by atoms with Crippen molar-refractivity contribution in [3.8, 4) is 0 Å². The van der Waals surface area contributed by atoms with Gasteiger partial charge in [0.15, 0.2) is 0 Å². The summed E-state index contributed by atoms with van der Waals surface area (Å²) < 4.78 is 0. The highest BCUT2D eigenvalue weighted by Crippen LogP contribution is 2.14. The molecule has 5 nitrogen and oxygen atoms in total. The highest BCUT2D eigenvalue weighted by atomic mass is 16.2. The number of benzene rings is 1. The van der Waals surface area contributed by atoms with E-state index in [1.807, 2.05) is 38.1 Å². The largest absolute Gasteiger partial charge is 0.344 e. The Hall–Kier alpha value is -2.04. The summed E-state index contributed by atoms with van der Waals surface area (Å²) in [4.78, 5) is 21.1. The van der Waals surface area contributed by atoms with Gasteiger partial charge in [0.1, 0.15) is 6.04 Å². The first kappa shape index (κ1) is 12.4. The zero-order valence-electron chi connectivity index (χ0n) is 10.9. The Morgan fingerprint density at radius 3 is 2.89 bits per heavy atom. The highest BCUT2D eigenvalue weighted by molar-refractivity contribution is 5.84. The summed E-state index contributed by atoms with van der Waals surface area (Å²) in [6.45, 7) is 4.48. The molecule has 1 aromatic carbocycles. The number of fused-ring (bicyclic) bond motifs is 1. The number of H-pyrrole nitrogens is 1. The molecular formula is C13H18N4O. The normalized spacial score (nSPS) is 12.4. The fourth-order valence-corrected chi connectivity index (χ4v) is 1.77. The van der Waals surface area contributed by atoms with Gasteiger partial charge < -0.3 is 15.2 Å². The van der Waals surface area contributed by atoms with Crippen LogP contribution in [0.15, 0.2) is 24.3 Å². The topological polar surface area (TPSA) is 61.0 Å². The molecule has 2 aromatic rings. The summed E-state index contributed by atoms with van der Waals surface area (Å²) >= 11 is 0. The molecule has 0 fully saturated rings. The van der Waals surface area contributed by atoms with Crippen molar-refractivity contribution in [2.75, 3.05) is 18.9 Å². The second-order valence-electron chi connectivity index (χ2n) is 4.32. The maximum absolute atomic E-state index is 11.9. The number of para-hydroxylation sites is 2. The van der Waals surface area contributed by atoms with Crippen LogP contribution >= 0.6 is 0 Å². The van der Waals surface area contributed by atoms with Crippen LogP contribution in [-0.2, 0) is 4.79 Å². The van der Waals surface area contributed by atoms with Gasteiger partial charge in [-0.1, -0.05) is 12.1 Å². The molecule has 5 heteroatoms.